The standard InChI is InChI=1S/C11H18O4/c1-10-4-2-8-6-9(12)3-5-11(8,7-13-10)15-14-10/h8-9,12H,2-7H2,1H3/t8-,9-,10+,11+/m0/s1. The molecule has 0 aromatic heterocycles. The molecule has 2 bridgehead atoms. The summed E-state index contributed by atoms with van der Waals surface area (Å²) < 4.78 is 5.76. The SMILES string of the molecule is C[C@@]12CC[C@H]3C[C@@H](O)CC[C@]3(CO1)OO2. The summed E-state index contributed by atoms with van der Waals surface area (Å²) >= 11 is 0. The molecule has 15 heavy (non-hydrogen) atoms. The Labute approximate surface area is 89.4 Å². The summed E-state index contributed by atoms with van der Waals surface area (Å²) in [5.41, 5.74) is -0.282. The van der Waals surface area contributed by atoms with E-state index >= 15 is 0 Å². The molecule has 4 rings (SSSR count). The molecule has 1 spiro atoms. The van der Waals surface area contributed by atoms with E-state index in [9.17, 15) is 5.11 Å². The highest BCUT2D eigenvalue weighted by molar-refractivity contribution is 4.98. The predicted octanol–water partition coefficient (Wildman–Crippen LogP) is 1.37. The molecule has 4 fully saturated rings. The van der Waals surface area contributed by atoms with Gasteiger partial charge in [0.05, 0.1) is 12.7 Å². The van der Waals surface area contributed by atoms with Crippen molar-refractivity contribution < 1.29 is 19.6 Å². The Morgan fingerprint density at radius 1 is 1.20 bits per heavy atom. The third-order valence-electron chi connectivity index (χ3n) is 4.15. The Balaban J connectivity index is 1.87. The van der Waals surface area contributed by atoms with Gasteiger partial charge < -0.3 is 9.84 Å². The minimum atomic E-state index is -0.562. The molecule has 4 aliphatic rings. The highest BCUT2D eigenvalue weighted by atomic mass is 17.2. The molecule has 86 valence electrons. The van der Waals surface area contributed by atoms with Crippen LogP contribution >= 0.6 is 0 Å². The lowest BCUT2D eigenvalue weighted by Gasteiger charge is -2.45. The highest BCUT2D eigenvalue weighted by Gasteiger charge is 2.54. The van der Waals surface area contributed by atoms with E-state index in [4.69, 9.17) is 14.5 Å². The number of aliphatic hydroxyl groups excluding tert-OH is 1. The first-order valence-corrected chi connectivity index (χ1v) is 5.81. The zero-order chi connectivity index (χ0) is 10.5. The molecule has 1 saturated carbocycles. The van der Waals surface area contributed by atoms with Crippen molar-refractivity contribution in [1.82, 2.24) is 0 Å². The summed E-state index contributed by atoms with van der Waals surface area (Å²) in [6.45, 7) is 2.54. The maximum absolute atomic E-state index is 9.69. The van der Waals surface area contributed by atoms with Gasteiger partial charge in [0.2, 0.25) is 0 Å². The first kappa shape index (κ1) is 10.0. The smallest absolute Gasteiger partial charge is 0.198 e. The number of ether oxygens (including phenoxy) is 1. The van der Waals surface area contributed by atoms with Crippen molar-refractivity contribution >= 4 is 0 Å². The van der Waals surface area contributed by atoms with Gasteiger partial charge in [-0.15, -0.1) is 0 Å². The third kappa shape index (κ3) is 1.51. The number of hydrogen-bond acceptors (Lipinski definition) is 4. The van der Waals surface area contributed by atoms with Gasteiger partial charge in [-0.2, -0.15) is 0 Å². The van der Waals surface area contributed by atoms with Crippen LogP contribution < -0.4 is 0 Å². The maximum atomic E-state index is 9.69. The van der Waals surface area contributed by atoms with Crippen LogP contribution in [0, 0.1) is 5.92 Å². The Morgan fingerprint density at radius 2 is 2.07 bits per heavy atom. The maximum Gasteiger partial charge on any atom is 0.198 e. The fourth-order valence-corrected chi connectivity index (χ4v) is 3.00. The zero-order valence-corrected chi connectivity index (χ0v) is 9.07. The van der Waals surface area contributed by atoms with Gasteiger partial charge in [0.1, 0.15) is 5.60 Å². The van der Waals surface area contributed by atoms with E-state index in [-0.39, 0.29) is 11.7 Å². The van der Waals surface area contributed by atoms with Crippen LogP contribution in [-0.4, -0.2) is 29.2 Å². The van der Waals surface area contributed by atoms with E-state index in [1.54, 1.807) is 0 Å². The monoisotopic (exact) mass is 214 g/mol. The van der Waals surface area contributed by atoms with E-state index in [0.717, 1.165) is 32.1 Å². The second kappa shape index (κ2) is 3.17. The van der Waals surface area contributed by atoms with Crippen molar-refractivity contribution in [3.05, 3.63) is 0 Å². The van der Waals surface area contributed by atoms with Crippen molar-refractivity contribution in [3.8, 4) is 0 Å². The lowest BCUT2D eigenvalue weighted by atomic mass is 9.73. The van der Waals surface area contributed by atoms with Crippen LogP contribution in [0.15, 0.2) is 0 Å². The predicted molar refractivity (Wildman–Crippen MR) is 51.8 cm³/mol. The molecule has 0 amide bonds. The molecule has 0 unspecified atom stereocenters. The van der Waals surface area contributed by atoms with Crippen molar-refractivity contribution in [2.75, 3.05) is 6.61 Å². The molecule has 3 aliphatic heterocycles. The van der Waals surface area contributed by atoms with Crippen LogP contribution in [0.4, 0.5) is 0 Å². The summed E-state index contributed by atoms with van der Waals surface area (Å²) in [5, 5.41) is 9.69. The first-order valence-electron chi connectivity index (χ1n) is 5.81. The largest absolute Gasteiger partial charge is 0.393 e. The van der Waals surface area contributed by atoms with Gasteiger partial charge in [0.25, 0.3) is 0 Å². The zero-order valence-electron chi connectivity index (χ0n) is 9.07. The molecule has 0 radical (unpaired) electrons. The van der Waals surface area contributed by atoms with Crippen LogP contribution in [0.5, 0.6) is 0 Å². The topological polar surface area (TPSA) is 47.9 Å². The normalized spacial score (nSPS) is 54.8. The summed E-state index contributed by atoms with van der Waals surface area (Å²) in [7, 11) is 0. The quantitative estimate of drug-likeness (QED) is 0.619. The van der Waals surface area contributed by atoms with E-state index in [0.29, 0.717) is 12.5 Å². The molecule has 4 nitrogen and oxygen atoms in total. The molecule has 0 aromatic carbocycles. The number of hydrogen-bond donors (Lipinski definition) is 1. The molecular formula is C11H18O4. The average Bonchev–Trinajstić information content (AvgIpc) is 2.45. The van der Waals surface area contributed by atoms with Crippen LogP contribution in [-0.2, 0) is 14.5 Å². The second-order valence-electron chi connectivity index (χ2n) is 5.32. The van der Waals surface area contributed by atoms with Gasteiger partial charge in [-0.3, -0.25) is 0 Å². The lowest BCUT2D eigenvalue weighted by Crippen LogP contribution is -2.53. The van der Waals surface area contributed by atoms with Gasteiger partial charge in [0.15, 0.2) is 5.79 Å². The van der Waals surface area contributed by atoms with Crippen molar-refractivity contribution in [2.24, 2.45) is 5.92 Å². The van der Waals surface area contributed by atoms with E-state index < -0.39 is 5.79 Å². The van der Waals surface area contributed by atoms with Gasteiger partial charge in [-0.1, -0.05) is 0 Å². The fraction of sp³-hybridized carbons (Fsp3) is 1.00. The number of fused-ring (bicyclic) bond motifs is 3. The molecule has 4 heteroatoms. The van der Waals surface area contributed by atoms with E-state index in [1.165, 1.54) is 0 Å². The molecule has 1 N–H and O–H groups in total. The van der Waals surface area contributed by atoms with Crippen LogP contribution in [0.3, 0.4) is 0 Å². The van der Waals surface area contributed by atoms with Crippen LogP contribution in [0.25, 0.3) is 0 Å². The summed E-state index contributed by atoms with van der Waals surface area (Å²) in [6, 6.07) is 0. The first-order chi connectivity index (χ1) is 7.12. The Hall–Kier alpha value is -0.160. The minimum Gasteiger partial charge on any atom is -0.393 e. The van der Waals surface area contributed by atoms with Gasteiger partial charge in [0, 0.05) is 6.42 Å². The minimum absolute atomic E-state index is 0.172. The second-order valence-corrected chi connectivity index (χ2v) is 5.32. The molecule has 1 aliphatic carbocycles. The van der Waals surface area contributed by atoms with Crippen LogP contribution in [0.1, 0.15) is 39.0 Å². The lowest BCUT2D eigenvalue weighted by molar-refractivity contribution is -0.508. The molecular weight excluding hydrogens is 196 g/mol. The highest BCUT2D eigenvalue weighted by Crippen LogP contribution is 2.48. The average molecular weight is 214 g/mol. The van der Waals surface area contributed by atoms with Crippen molar-refractivity contribution in [2.45, 2.75) is 56.5 Å². The molecule has 3 heterocycles. The van der Waals surface area contributed by atoms with Crippen molar-refractivity contribution in [1.29, 1.82) is 0 Å². The van der Waals surface area contributed by atoms with Crippen molar-refractivity contribution in [3.63, 3.8) is 0 Å². The van der Waals surface area contributed by atoms with Crippen LogP contribution in [0.2, 0.25) is 0 Å². The molecule has 3 saturated heterocycles. The fourth-order valence-electron chi connectivity index (χ4n) is 3.00. The summed E-state index contributed by atoms with van der Waals surface area (Å²) in [6.07, 6.45) is 4.16. The number of aliphatic hydroxyl groups is 1. The molecule has 0 aromatic rings. The summed E-state index contributed by atoms with van der Waals surface area (Å²) in [4.78, 5) is 11.0. The van der Waals surface area contributed by atoms with E-state index in [1.807, 2.05) is 6.92 Å². The Bertz CT molecular complexity index is 257. The van der Waals surface area contributed by atoms with Gasteiger partial charge >= 0.3 is 0 Å². The number of rotatable bonds is 0. The van der Waals surface area contributed by atoms with Gasteiger partial charge in [-0.05, 0) is 38.5 Å². The third-order valence-corrected chi connectivity index (χ3v) is 4.15. The molecule has 4 atom stereocenters. The summed E-state index contributed by atoms with van der Waals surface area (Å²) in [5.74, 6) is -0.182. The van der Waals surface area contributed by atoms with E-state index in [2.05, 4.69) is 0 Å². The van der Waals surface area contributed by atoms with Gasteiger partial charge in [-0.25, -0.2) is 9.78 Å². The Morgan fingerprint density at radius 3 is 2.80 bits per heavy atom. The Kier molecular flexibility index (Phi) is 2.12.